The molecule has 0 N–H and O–H groups in total. The average molecular weight is 360 g/mol. The fraction of sp³-hybridized carbons (Fsp3) is 0.273. The van der Waals surface area contributed by atoms with Gasteiger partial charge in [0, 0.05) is 25.3 Å². The van der Waals surface area contributed by atoms with Gasteiger partial charge in [0.05, 0.1) is 17.1 Å². The topological polar surface area (TPSA) is 41.4 Å². The number of hydrogen-bond donors (Lipinski definition) is 0. The minimum absolute atomic E-state index is 0.0527. The van der Waals surface area contributed by atoms with Crippen LogP contribution in [0.5, 0.6) is 0 Å². The van der Waals surface area contributed by atoms with Crippen molar-refractivity contribution in [3.8, 4) is 5.69 Å². The second kappa shape index (κ2) is 6.91. The van der Waals surface area contributed by atoms with Crippen LogP contribution >= 0.6 is 0 Å². The maximum atomic E-state index is 13.5. The lowest BCUT2D eigenvalue weighted by Gasteiger charge is -2.27. The lowest BCUT2D eigenvalue weighted by atomic mass is 10.1. The molecule has 1 aliphatic rings. The van der Waals surface area contributed by atoms with Gasteiger partial charge in [-0.15, -0.1) is 0 Å². The van der Waals surface area contributed by atoms with Gasteiger partial charge in [-0.25, -0.2) is 4.68 Å². The number of carbonyl (C=O) groups is 1. The highest BCUT2D eigenvalue weighted by Gasteiger charge is 2.30. The van der Waals surface area contributed by atoms with E-state index in [1.807, 2.05) is 71.1 Å². The predicted molar refractivity (Wildman–Crippen MR) is 109 cm³/mol. The Morgan fingerprint density at radius 1 is 1.04 bits per heavy atom. The first-order valence-corrected chi connectivity index (χ1v) is 9.32. The van der Waals surface area contributed by atoms with Crippen LogP contribution < -0.4 is 9.80 Å². The summed E-state index contributed by atoms with van der Waals surface area (Å²) >= 11 is 0. The molecule has 1 aromatic heterocycles. The Morgan fingerprint density at radius 2 is 1.70 bits per heavy atom. The van der Waals surface area contributed by atoms with Crippen molar-refractivity contribution >= 4 is 17.3 Å². The highest BCUT2D eigenvalue weighted by molar-refractivity contribution is 6.07. The van der Waals surface area contributed by atoms with Gasteiger partial charge in [-0.05, 0) is 50.6 Å². The molecule has 0 spiro atoms. The van der Waals surface area contributed by atoms with E-state index in [9.17, 15) is 4.79 Å². The number of rotatable bonds is 2. The zero-order valence-corrected chi connectivity index (χ0v) is 16.0. The molecule has 27 heavy (non-hydrogen) atoms. The first kappa shape index (κ1) is 17.3. The summed E-state index contributed by atoms with van der Waals surface area (Å²) in [4.78, 5) is 17.6. The Balaban J connectivity index is 1.75. The van der Waals surface area contributed by atoms with Crippen LogP contribution in [-0.2, 0) is 0 Å². The van der Waals surface area contributed by atoms with Crippen molar-refractivity contribution in [1.29, 1.82) is 0 Å². The summed E-state index contributed by atoms with van der Waals surface area (Å²) in [6.45, 7) is 5.00. The number of para-hydroxylation sites is 3. The molecule has 4 rings (SSSR count). The van der Waals surface area contributed by atoms with E-state index >= 15 is 0 Å². The van der Waals surface area contributed by atoms with E-state index < -0.39 is 0 Å². The van der Waals surface area contributed by atoms with E-state index in [0.29, 0.717) is 5.69 Å². The molecule has 0 radical (unpaired) electrons. The van der Waals surface area contributed by atoms with Crippen LogP contribution in [-0.4, -0.2) is 35.3 Å². The number of nitrogens with zero attached hydrogens (tertiary/aromatic N) is 4. The molecule has 5 heteroatoms. The molecular formula is C22H24N4O. The predicted octanol–water partition coefficient (Wildman–Crippen LogP) is 4.06. The largest absolute Gasteiger partial charge is 0.373 e. The van der Waals surface area contributed by atoms with E-state index in [4.69, 9.17) is 0 Å². The third-order valence-corrected chi connectivity index (χ3v) is 5.20. The second-order valence-electron chi connectivity index (χ2n) is 7.14. The molecule has 0 aliphatic carbocycles. The molecule has 1 aliphatic heterocycles. The summed E-state index contributed by atoms with van der Waals surface area (Å²) in [5.41, 5.74) is 4.40. The van der Waals surface area contributed by atoms with Crippen molar-refractivity contribution in [2.45, 2.75) is 26.3 Å². The van der Waals surface area contributed by atoms with E-state index in [1.165, 1.54) is 0 Å². The summed E-state index contributed by atoms with van der Waals surface area (Å²) in [6.07, 6.45) is 0.912. The molecule has 3 aromatic rings. The number of aromatic nitrogens is 2. The van der Waals surface area contributed by atoms with Gasteiger partial charge in [-0.2, -0.15) is 5.10 Å². The van der Waals surface area contributed by atoms with Crippen molar-refractivity contribution in [2.75, 3.05) is 23.4 Å². The summed E-state index contributed by atoms with van der Waals surface area (Å²) in [6, 6.07) is 20.0. The molecule has 0 unspecified atom stereocenters. The number of carbonyl (C=O) groups excluding carboxylic acids is 1. The van der Waals surface area contributed by atoms with Crippen LogP contribution in [0.25, 0.3) is 5.69 Å². The van der Waals surface area contributed by atoms with E-state index in [1.54, 1.807) is 0 Å². The van der Waals surface area contributed by atoms with Crippen molar-refractivity contribution in [1.82, 2.24) is 9.78 Å². The lowest BCUT2D eigenvalue weighted by Crippen LogP contribution is -2.38. The Labute approximate surface area is 159 Å². The maximum absolute atomic E-state index is 13.5. The third kappa shape index (κ3) is 3.10. The molecular weight excluding hydrogens is 336 g/mol. The highest BCUT2D eigenvalue weighted by atomic mass is 16.2. The molecule has 0 bridgehead atoms. The first-order chi connectivity index (χ1) is 13.1. The van der Waals surface area contributed by atoms with Crippen LogP contribution in [0, 0.1) is 6.92 Å². The molecule has 5 nitrogen and oxygen atoms in total. The SMILES string of the molecule is Cc1cc(C(=O)N2c3ccccc3N(C)CC[C@@H]2C)nn1-c1ccccc1. The molecule has 138 valence electrons. The number of fused-ring (bicyclic) bond motifs is 1. The van der Waals surface area contributed by atoms with Crippen LogP contribution in [0.2, 0.25) is 0 Å². The van der Waals surface area contributed by atoms with Crippen molar-refractivity contribution < 1.29 is 4.79 Å². The first-order valence-electron chi connectivity index (χ1n) is 9.32. The number of aryl methyl sites for hydroxylation is 1. The molecule has 1 amide bonds. The van der Waals surface area contributed by atoms with Gasteiger partial charge in [0.2, 0.25) is 0 Å². The van der Waals surface area contributed by atoms with Crippen LogP contribution in [0.4, 0.5) is 11.4 Å². The summed E-state index contributed by atoms with van der Waals surface area (Å²) in [5, 5.41) is 4.62. The molecule has 1 atom stereocenters. The molecule has 2 heterocycles. The van der Waals surface area contributed by atoms with Crippen molar-refractivity contribution in [3.05, 3.63) is 72.1 Å². The standard InChI is InChI=1S/C22H24N4O/c1-16-13-14-24(3)20-11-7-8-12-21(20)25(16)22(27)19-15-17(2)26(23-19)18-9-5-4-6-10-18/h4-12,15-16H,13-14H2,1-3H3/t16-/m0/s1. The fourth-order valence-corrected chi connectivity index (χ4v) is 3.70. The molecule has 0 saturated carbocycles. The van der Waals surface area contributed by atoms with Crippen LogP contribution in [0.15, 0.2) is 60.7 Å². The average Bonchev–Trinajstić information content (AvgIpc) is 3.03. The van der Waals surface area contributed by atoms with Gasteiger partial charge < -0.3 is 9.80 Å². The van der Waals surface area contributed by atoms with Crippen molar-refractivity contribution in [3.63, 3.8) is 0 Å². The van der Waals surface area contributed by atoms with Gasteiger partial charge in [0.1, 0.15) is 0 Å². The lowest BCUT2D eigenvalue weighted by molar-refractivity contribution is 0.0973. The Kier molecular flexibility index (Phi) is 4.44. The smallest absolute Gasteiger partial charge is 0.279 e. The van der Waals surface area contributed by atoms with Crippen LogP contribution in [0.1, 0.15) is 29.5 Å². The number of amides is 1. The van der Waals surface area contributed by atoms with Gasteiger partial charge in [-0.1, -0.05) is 30.3 Å². The Bertz CT molecular complexity index is 963. The molecule has 0 saturated heterocycles. The number of benzene rings is 2. The zero-order valence-electron chi connectivity index (χ0n) is 16.0. The maximum Gasteiger partial charge on any atom is 0.279 e. The summed E-state index contributed by atoms with van der Waals surface area (Å²) < 4.78 is 1.83. The van der Waals surface area contributed by atoms with Gasteiger partial charge in [0.15, 0.2) is 5.69 Å². The number of anilines is 2. The van der Waals surface area contributed by atoms with Crippen LogP contribution in [0.3, 0.4) is 0 Å². The number of hydrogen-bond acceptors (Lipinski definition) is 3. The van der Waals surface area contributed by atoms with Crippen molar-refractivity contribution in [2.24, 2.45) is 0 Å². The van der Waals surface area contributed by atoms with Gasteiger partial charge in [-0.3, -0.25) is 4.79 Å². The quantitative estimate of drug-likeness (QED) is 0.692. The zero-order chi connectivity index (χ0) is 19.0. The van der Waals surface area contributed by atoms with Gasteiger partial charge >= 0.3 is 0 Å². The van der Waals surface area contributed by atoms with E-state index in [2.05, 4.69) is 30.0 Å². The Hall–Kier alpha value is -3.08. The normalized spacial score (nSPS) is 16.8. The van der Waals surface area contributed by atoms with E-state index in [0.717, 1.165) is 35.7 Å². The monoisotopic (exact) mass is 360 g/mol. The third-order valence-electron chi connectivity index (χ3n) is 5.20. The highest BCUT2D eigenvalue weighted by Crippen LogP contribution is 2.34. The second-order valence-corrected chi connectivity index (χ2v) is 7.14. The molecule has 0 fully saturated rings. The van der Waals surface area contributed by atoms with Gasteiger partial charge in [0.25, 0.3) is 5.91 Å². The summed E-state index contributed by atoms with van der Waals surface area (Å²) in [7, 11) is 2.08. The fourth-order valence-electron chi connectivity index (χ4n) is 3.70. The minimum Gasteiger partial charge on any atom is -0.373 e. The Morgan fingerprint density at radius 3 is 2.44 bits per heavy atom. The molecule has 2 aromatic carbocycles. The summed E-state index contributed by atoms with van der Waals surface area (Å²) in [5.74, 6) is -0.0527. The van der Waals surface area contributed by atoms with E-state index in [-0.39, 0.29) is 11.9 Å². The minimum atomic E-state index is -0.0527.